The Morgan fingerprint density at radius 3 is 3.07 bits per heavy atom. The lowest BCUT2D eigenvalue weighted by atomic mass is 10.2. The summed E-state index contributed by atoms with van der Waals surface area (Å²) in [4.78, 5) is 8.90. The van der Waals surface area contributed by atoms with Crippen LogP contribution in [0.2, 0.25) is 0 Å². The molecule has 2 unspecified atom stereocenters. The number of benzene rings is 1. The predicted octanol–water partition coefficient (Wildman–Crippen LogP) is 2.33. The third kappa shape index (κ3) is 1.24. The summed E-state index contributed by atoms with van der Waals surface area (Å²) in [5.41, 5.74) is 2.31. The lowest BCUT2D eigenvalue weighted by Crippen LogP contribution is -2.43. The number of hydrogen-bond acceptors (Lipinski definition) is 4. The minimum atomic E-state index is 0.0601. The van der Waals surface area contributed by atoms with Crippen LogP contribution in [0.5, 0.6) is 0 Å². The molecule has 0 aromatic heterocycles. The Bertz CT molecular complexity index is 432. The van der Waals surface area contributed by atoms with E-state index >= 15 is 0 Å². The number of thioether (sulfide) groups is 1. The van der Waals surface area contributed by atoms with E-state index in [9.17, 15) is 0 Å². The van der Waals surface area contributed by atoms with Gasteiger partial charge in [0, 0.05) is 11.9 Å². The molecule has 0 fully saturated rings. The van der Waals surface area contributed by atoms with Crippen LogP contribution in [-0.2, 0) is 4.84 Å². The number of fused-ring (bicyclic) bond motifs is 2. The quantitative estimate of drug-likeness (QED) is 0.671. The Morgan fingerprint density at radius 1 is 1.40 bits per heavy atom. The van der Waals surface area contributed by atoms with E-state index in [1.165, 1.54) is 10.6 Å². The summed E-state index contributed by atoms with van der Waals surface area (Å²) in [7, 11) is 2.06. The van der Waals surface area contributed by atoms with Gasteiger partial charge in [-0.3, -0.25) is 0 Å². The van der Waals surface area contributed by atoms with Crippen LogP contribution < -0.4 is 4.90 Å². The first-order valence-electron chi connectivity index (χ1n) is 4.96. The second kappa shape index (κ2) is 3.17. The van der Waals surface area contributed by atoms with E-state index in [0.29, 0.717) is 5.25 Å². The number of oxime groups is 1. The number of hydrogen-bond donors (Lipinski definition) is 0. The summed E-state index contributed by atoms with van der Waals surface area (Å²) in [6, 6.07) is 8.40. The van der Waals surface area contributed by atoms with Crippen LogP contribution in [0.25, 0.3) is 0 Å². The molecule has 1 aromatic rings. The Hall–Kier alpha value is -1.16. The van der Waals surface area contributed by atoms with E-state index in [1.807, 2.05) is 18.7 Å². The standard InChI is InChI=1S/C11H12N2OS/c1-7-10-11(14-12-7)13(2)8-5-3-4-6-9(8)15-10/h3-6,10-11H,1-2H3. The van der Waals surface area contributed by atoms with Crippen LogP contribution in [0.3, 0.4) is 0 Å². The van der Waals surface area contributed by atoms with Crippen LogP contribution in [0, 0.1) is 0 Å². The van der Waals surface area contributed by atoms with Gasteiger partial charge in [0.15, 0.2) is 0 Å². The van der Waals surface area contributed by atoms with Gasteiger partial charge < -0.3 is 9.74 Å². The molecule has 78 valence electrons. The van der Waals surface area contributed by atoms with Crippen LogP contribution in [0.15, 0.2) is 34.3 Å². The molecule has 1 aromatic carbocycles. The molecule has 0 saturated carbocycles. The summed E-state index contributed by atoms with van der Waals surface area (Å²) in [5.74, 6) is 0. The minimum absolute atomic E-state index is 0.0601. The zero-order chi connectivity index (χ0) is 10.4. The van der Waals surface area contributed by atoms with Gasteiger partial charge in [-0.25, -0.2) is 0 Å². The minimum Gasteiger partial charge on any atom is -0.369 e. The molecule has 0 bridgehead atoms. The molecule has 0 amide bonds. The average molecular weight is 220 g/mol. The maximum atomic E-state index is 5.43. The molecule has 0 radical (unpaired) electrons. The lowest BCUT2D eigenvalue weighted by Gasteiger charge is -2.34. The number of para-hydroxylation sites is 1. The van der Waals surface area contributed by atoms with Crippen molar-refractivity contribution in [3.63, 3.8) is 0 Å². The summed E-state index contributed by atoms with van der Waals surface area (Å²) in [6.07, 6.45) is 0.0601. The second-order valence-corrected chi connectivity index (χ2v) is 5.03. The van der Waals surface area contributed by atoms with Crippen LogP contribution in [0.1, 0.15) is 6.92 Å². The average Bonchev–Trinajstić information content (AvgIpc) is 2.62. The zero-order valence-electron chi connectivity index (χ0n) is 8.68. The molecule has 2 aliphatic heterocycles. The molecule has 0 saturated heterocycles. The third-order valence-electron chi connectivity index (χ3n) is 2.86. The Kier molecular flexibility index (Phi) is 1.92. The largest absolute Gasteiger partial charge is 0.369 e. The summed E-state index contributed by atoms with van der Waals surface area (Å²) >= 11 is 1.84. The fraction of sp³-hybridized carbons (Fsp3) is 0.364. The zero-order valence-corrected chi connectivity index (χ0v) is 9.49. The van der Waals surface area contributed by atoms with Crippen molar-refractivity contribution in [2.24, 2.45) is 5.16 Å². The van der Waals surface area contributed by atoms with Crippen molar-refractivity contribution < 1.29 is 4.84 Å². The molecule has 2 atom stereocenters. The van der Waals surface area contributed by atoms with Crippen LogP contribution in [0.4, 0.5) is 5.69 Å². The smallest absolute Gasteiger partial charge is 0.217 e. The van der Waals surface area contributed by atoms with Gasteiger partial charge in [0.25, 0.3) is 0 Å². The van der Waals surface area contributed by atoms with E-state index in [4.69, 9.17) is 4.84 Å². The molecule has 0 N–H and O–H groups in total. The number of anilines is 1. The van der Waals surface area contributed by atoms with Crippen LogP contribution >= 0.6 is 11.8 Å². The fourth-order valence-corrected chi connectivity index (χ4v) is 3.32. The topological polar surface area (TPSA) is 24.8 Å². The summed E-state index contributed by atoms with van der Waals surface area (Å²) < 4.78 is 0. The van der Waals surface area contributed by atoms with Gasteiger partial charge in [-0.15, -0.1) is 11.8 Å². The van der Waals surface area contributed by atoms with Crippen LogP contribution in [-0.4, -0.2) is 24.2 Å². The maximum Gasteiger partial charge on any atom is 0.217 e. The second-order valence-electron chi connectivity index (χ2n) is 3.85. The van der Waals surface area contributed by atoms with Crippen molar-refractivity contribution in [3.8, 4) is 0 Å². The highest BCUT2D eigenvalue weighted by atomic mass is 32.2. The van der Waals surface area contributed by atoms with Gasteiger partial charge in [0.1, 0.15) is 5.25 Å². The first-order chi connectivity index (χ1) is 7.27. The summed E-state index contributed by atoms with van der Waals surface area (Å²) in [5, 5.41) is 4.41. The first kappa shape index (κ1) is 9.09. The first-order valence-corrected chi connectivity index (χ1v) is 5.84. The highest BCUT2D eigenvalue weighted by molar-refractivity contribution is 8.01. The van der Waals surface area contributed by atoms with Crippen molar-refractivity contribution in [1.29, 1.82) is 0 Å². The Labute approximate surface area is 93.1 Å². The Morgan fingerprint density at radius 2 is 2.20 bits per heavy atom. The molecule has 15 heavy (non-hydrogen) atoms. The van der Waals surface area contributed by atoms with Crippen molar-refractivity contribution in [3.05, 3.63) is 24.3 Å². The molecule has 2 heterocycles. The highest BCUT2D eigenvalue weighted by Gasteiger charge is 2.40. The van der Waals surface area contributed by atoms with Gasteiger partial charge in [0.05, 0.1) is 11.4 Å². The molecule has 3 rings (SSSR count). The van der Waals surface area contributed by atoms with Gasteiger partial charge in [-0.1, -0.05) is 17.3 Å². The van der Waals surface area contributed by atoms with E-state index in [-0.39, 0.29) is 6.23 Å². The van der Waals surface area contributed by atoms with Gasteiger partial charge in [0.2, 0.25) is 6.23 Å². The molecule has 3 nitrogen and oxygen atoms in total. The van der Waals surface area contributed by atoms with Gasteiger partial charge in [-0.05, 0) is 19.1 Å². The molecule has 2 aliphatic rings. The van der Waals surface area contributed by atoms with Gasteiger partial charge >= 0.3 is 0 Å². The molecular formula is C11H12N2OS. The van der Waals surface area contributed by atoms with Crippen molar-refractivity contribution in [2.45, 2.75) is 23.3 Å². The highest BCUT2D eigenvalue weighted by Crippen LogP contribution is 2.43. The lowest BCUT2D eigenvalue weighted by molar-refractivity contribution is 0.0875. The normalized spacial score (nSPS) is 27.9. The van der Waals surface area contributed by atoms with E-state index in [0.717, 1.165) is 5.71 Å². The molecule has 4 heteroatoms. The Balaban J connectivity index is 2.05. The monoisotopic (exact) mass is 220 g/mol. The van der Waals surface area contributed by atoms with Crippen molar-refractivity contribution >= 4 is 23.2 Å². The van der Waals surface area contributed by atoms with Crippen molar-refractivity contribution in [2.75, 3.05) is 11.9 Å². The van der Waals surface area contributed by atoms with Crippen molar-refractivity contribution in [1.82, 2.24) is 0 Å². The SMILES string of the molecule is CC1=NOC2C1Sc1ccccc1N2C. The van der Waals surface area contributed by atoms with E-state index in [2.05, 4.69) is 41.4 Å². The summed E-state index contributed by atoms with van der Waals surface area (Å²) in [6.45, 7) is 2.03. The fourth-order valence-electron chi connectivity index (χ4n) is 1.99. The van der Waals surface area contributed by atoms with Gasteiger partial charge in [-0.2, -0.15) is 0 Å². The molecule has 0 aliphatic carbocycles. The molecule has 0 spiro atoms. The number of nitrogens with zero attached hydrogens (tertiary/aromatic N) is 2. The maximum absolute atomic E-state index is 5.43. The molecular weight excluding hydrogens is 208 g/mol. The predicted molar refractivity (Wildman–Crippen MR) is 62.5 cm³/mol. The number of rotatable bonds is 0. The third-order valence-corrected chi connectivity index (χ3v) is 4.28. The van der Waals surface area contributed by atoms with E-state index in [1.54, 1.807) is 0 Å². The van der Waals surface area contributed by atoms with E-state index < -0.39 is 0 Å².